The molecule has 0 heterocycles. The van der Waals surface area contributed by atoms with Gasteiger partial charge in [0.25, 0.3) is 0 Å². The molecule has 2 N–H and O–H groups in total. The highest BCUT2D eigenvalue weighted by Gasteiger charge is 1.93. The highest BCUT2D eigenvalue weighted by molar-refractivity contribution is 5.13. The van der Waals surface area contributed by atoms with Crippen LogP contribution in [-0.4, -0.2) is 22.4 Å². The molecular weight excluding hydrogens is 296 g/mol. The van der Waals surface area contributed by atoms with Crippen LogP contribution in [0.25, 0.3) is 0 Å². The van der Waals surface area contributed by atoms with Gasteiger partial charge < -0.3 is 10.2 Å². The van der Waals surface area contributed by atoms with Crippen LogP contribution in [0.3, 0.4) is 0 Å². The third-order valence-corrected chi connectivity index (χ3v) is 3.22. The third kappa shape index (κ3) is 16.7. The summed E-state index contributed by atoms with van der Waals surface area (Å²) in [6, 6.07) is 0. The molecule has 0 radical (unpaired) electrons. The van der Waals surface area contributed by atoms with Gasteiger partial charge in [0, 0.05) is 0 Å². The van der Waals surface area contributed by atoms with Gasteiger partial charge in [-0.3, -0.25) is 0 Å². The fourth-order valence-corrected chi connectivity index (χ4v) is 1.86. The largest absolute Gasteiger partial charge is 0.389 e. The standard InChI is InChI=1S/C22H34O2/c1-3-5-7-9-10-14-18-22(24)20-16-12-11-15-19-21(23)17-13-8-6-4-2/h5,7-8,10-16,19-24H,3-4,6,9,17-18H2,1-2H3/b7-5-,12-11-,13-8-,14-10-,19-15+,20-16+/t21-,22-/m0/s1. The minimum atomic E-state index is -0.459. The maximum Gasteiger partial charge on any atom is 0.0758 e. The first kappa shape index (κ1) is 22.4. The van der Waals surface area contributed by atoms with E-state index in [1.54, 1.807) is 12.2 Å². The molecule has 0 aliphatic rings. The minimum absolute atomic E-state index is 0.441. The van der Waals surface area contributed by atoms with Crippen molar-refractivity contribution in [3.8, 4) is 0 Å². The van der Waals surface area contributed by atoms with Gasteiger partial charge in [-0.2, -0.15) is 0 Å². The van der Waals surface area contributed by atoms with Crippen molar-refractivity contribution in [1.29, 1.82) is 0 Å². The molecule has 0 bridgehead atoms. The molecule has 134 valence electrons. The second-order valence-corrected chi connectivity index (χ2v) is 5.61. The lowest BCUT2D eigenvalue weighted by molar-refractivity contribution is 0.226. The number of aliphatic hydroxyl groups is 2. The number of unbranched alkanes of at least 4 members (excludes halogenated alkanes) is 1. The Hall–Kier alpha value is -1.64. The van der Waals surface area contributed by atoms with Crippen molar-refractivity contribution in [3.05, 3.63) is 72.9 Å². The van der Waals surface area contributed by atoms with Gasteiger partial charge in [-0.15, -0.1) is 0 Å². The first-order valence-electron chi connectivity index (χ1n) is 9.03. The number of allylic oxidation sites excluding steroid dienone is 8. The minimum Gasteiger partial charge on any atom is -0.389 e. The van der Waals surface area contributed by atoms with E-state index in [4.69, 9.17) is 0 Å². The molecular formula is C22H34O2. The van der Waals surface area contributed by atoms with Gasteiger partial charge in [-0.25, -0.2) is 0 Å². The molecule has 2 heteroatoms. The molecule has 0 unspecified atom stereocenters. The zero-order chi connectivity index (χ0) is 17.9. The Morgan fingerprint density at radius 3 is 1.75 bits per heavy atom. The van der Waals surface area contributed by atoms with Crippen molar-refractivity contribution in [3.63, 3.8) is 0 Å². The summed E-state index contributed by atoms with van der Waals surface area (Å²) in [5.74, 6) is 0. The van der Waals surface area contributed by atoms with Gasteiger partial charge in [0.15, 0.2) is 0 Å². The van der Waals surface area contributed by atoms with E-state index in [0.29, 0.717) is 12.8 Å². The van der Waals surface area contributed by atoms with E-state index in [1.807, 2.05) is 36.5 Å². The fraction of sp³-hybridized carbons (Fsp3) is 0.455. The second-order valence-electron chi connectivity index (χ2n) is 5.61. The molecule has 2 nitrogen and oxygen atoms in total. The topological polar surface area (TPSA) is 40.5 Å². The molecule has 0 amide bonds. The van der Waals surface area contributed by atoms with Crippen molar-refractivity contribution >= 4 is 0 Å². The van der Waals surface area contributed by atoms with Gasteiger partial charge in [0.2, 0.25) is 0 Å². The first-order chi connectivity index (χ1) is 11.7. The molecule has 0 aromatic heterocycles. The Balaban J connectivity index is 3.89. The predicted molar refractivity (Wildman–Crippen MR) is 106 cm³/mol. The summed E-state index contributed by atoms with van der Waals surface area (Å²) in [5, 5.41) is 19.5. The lowest BCUT2D eigenvalue weighted by atomic mass is 10.2. The fourth-order valence-electron chi connectivity index (χ4n) is 1.86. The van der Waals surface area contributed by atoms with E-state index < -0.39 is 12.2 Å². The van der Waals surface area contributed by atoms with Crippen LogP contribution in [0.2, 0.25) is 0 Å². The summed E-state index contributed by atoms with van der Waals surface area (Å²) in [6.07, 6.45) is 27.9. The Kier molecular flexibility index (Phi) is 16.5. The summed E-state index contributed by atoms with van der Waals surface area (Å²) in [6.45, 7) is 4.25. The van der Waals surface area contributed by atoms with Crippen LogP contribution >= 0.6 is 0 Å². The molecule has 24 heavy (non-hydrogen) atoms. The summed E-state index contributed by atoms with van der Waals surface area (Å²) < 4.78 is 0. The van der Waals surface area contributed by atoms with Crippen molar-refractivity contribution in [1.82, 2.24) is 0 Å². The summed E-state index contributed by atoms with van der Waals surface area (Å²) in [4.78, 5) is 0. The highest BCUT2D eigenvalue weighted by atomic mass is 16.3. The lowest BCUT2D eigenvalue weighted by Gasteiger charge is -1.99. The Labute approximate surface area is 148 Å². The van der Waals surface area contributed by atoms with Crippen LogP contribution < -0.4 is 0 Å². The molecule has 0 saturated heterocycles. The first-order valence-corrected chi connectivity index (χ1v) is 9.03. The molecule has 0 aromatic rings. The van der Waals surface area contributed by atoms with Crippen LogP contribution in [0.4, 0.5) is 0 Å². The van der Waals surface area contributed by atoms with E-state index in [0.717, 1.165) is 25.7 Å². The van der Waals surface area contributed by atoms with Crippen molar-refractivity contribution < 1.29 is 10.2 Å². The molecule has 0 saturated carbocycles. The van der Waals surface area contributed by atoms with Crippen LogP contribution in [0.5, 0.6) is 0 Å². The Morgan fingerprint density at radius 2 is 1.21 bits per heavy atom. The zero-order valence-electron chi connectivity index (χ0n) is 15.2. The van der Waals surface area contributed by atoms with Gasteiger partial charge >= 0.3 is 0 Å². The molecule has 0 aliphatic heterocycles. The highest BCUT2D eigenvalue weighted by Crippen LogP contribution is 2.00. The number of aliphatic hydroxyl groups excluding tert-OH is 2. The maximum atomic E-state index is 9.78. The summed E-state index contributed by atoms with van der Waals surface area (Å²) >= 11 is 0. The second kappa shape index (κ2) is 17.7. The number of hydrogen-bond donors (Lipinski definition) is 2. The van der Waals surface area contributed by atoms with E-state index in [9.17, 15) is 10.2 Å². The quantitative estimate of drug-likeness (QED) is 0.349. The van der Waals surface area contributed by atoms with E-state index in [1.165, 1.54) is 0 Å². The van der Waals surface area contributed by atoms with Crippen molar-refractivity contribution in [2.75, 3.05) is 0 Å². The van der Waals surface area contributed by atoms with Gasteiger partial charge in [0.05, 0.1) is 12.2 Å². The van der Waals surface area contributed by atoms with E-state index in [2.05, 4.69) is 38.2 Å². The Bertz CT molecular complexity index is 439. The summed E-state index contributed by atoms with van der Waals surface area (Å²) in [7, 11) is 0. The molecule has 2 atom stereocenters. The SMILES string of the molecule is CC/C=C\C/C=C\C[C@H](O)/C=C/C=C\C=C\[C@@H](O)C/C=C\CCC. The zero-order valence-corrected chi connectivity index (χ0v) is 15.2. The predicted octanol–water partition coefficient (Wildman–Crippen LogP) is 5.43. The van der Waals surface area contributed by atoms with Gasteiger partial charge in [-0.05, 0) is 32.1 Å². The molecule has 0 fully saturated rings. The Morgan fingerprint density at radius 1 is 0.667 bits per heavy atom. The van der Waals surface area contributed by atoms with Crippen molar-refractivity contribution in [2.24, 2.45) is 0 Å². The average molecular weight is 331 g/mol. The lowest BCUT2D eigenvalue weighted by Crippen LogP contribution is -1.98. The van der Waals surface area contributed by atoms with Crippen molar-refractivity contribution in [2.45, 2.75) is 64.6 Å². The molecule has 0 spiro atoms. The van der Waals surface area contributed by atoms with Crippen LogP contribution in [0, 0.1) is 0 Å². The maximum absolute atomic E-state index is 9.78. The van der Waals surface area contributed by atoms with Crippen LogP contribution in [0.15, 0.2) is 72.9 Å². The van der Waals surface area contributed by atoms with E-state index >= 15 is 0 Å². The van der Waals surface area contributed by atoms with E-state index in [-0.39, 0.29) is 0 Å². The number of rotatable bonds is 13. The van der Waals surface area contributed by atoms with Crippen LogP contribution in [-0.2, 0) is 0 Å². The average Bonchev–Trinajstić information content (AvgIpc) is 2.58. The molecule has 0 aliphatic carbocycles. The van der Waals surface area contributed by atoms with Gasteiger partial charge in [-0.1, -0.05) is 93.2 Å². The van der Waals surface area contributed by atoms with Crippen LogP contribution in [0.1, 0.15) is 52.4 Å². The molecule has 0 rings (SSSR count). The summed E-state index contributed by atoms with van der Waals surface area (Å²) in [5.41, 5.74) is 0. The number of hydrogen-bond acceptors (Lipinski definition) is 2. The monoisotopic (exact) mass is 330 g/mol. The smallest absolute Gasteiger partial charge is 0.0758 e. The third-order valence-electron chi connectivity index (χ3n) is 3.22. The molecule has 0 aromatic carbocycles. The normalized spacial score (nSPS) is 16.0. The van der Waals surface area contributed by atoms with Gasteiger partial charge in [0.1, 0.15) is 0 Å².